The Bertz CT molecular complexity index is 1270. The molecule has 39 heavy (non-hydrogen) atoms. The second-order valence-electron chi connectivity index (χ2n) is 8.49. The molecule has 0 fully saturated rings. The van der Waals surface area contributed by atoms with Gasteiger partial charge in [-0.2, -0.15) is 0 Å². The normalized spacial score (nSPS) is 10.8. The van der Waals surface area contributed by atoms with Gasteiger partial charge in [-0.1, -0.05) is 60.7 Å². The number of aliphatic hydroxyl groups excluding tert-OH is 2. The van der Waals surface area contributed by atoms with E-state index in [0.717, 1.165) is 11.1 Å². The van der Waals surface area contributed by atoms with E-state index in [0.29, 0.717) is 46.7 Å². The molecule has 0 amide bonds. The van der Waals surface area contributed by atoms with E-state index in [1.54, 1.807) is 38.7 Å². The fourth-order valence-corrected chi connectivity index (χ4v) is 3.50. The largest absolute Gasteiger partial charge is 0.505 e. The van der Waals surface area contributed by atoms with Gasteiger partial charge in [0.2, 0.25) is 0 Å². The molecule has 4 N–H and O–H groups in total. The number of rotatable bonds is 8. The Morgan fingerprint density at radius 3 is 1.33 bits per heavy atom. The summed E-state index contributed by atoms with van der Waals surface area (Å²) in [6.45, 7) is 4.15. The average Bonchev–Trinajstić information content (AvgIpc) is 2.95. The zero-order chi connectivity index (χ0) is 27.3. The Kier molecular flexibility index (Phi) is 13.0. The van der Waals surface area contributed by atoms with E-state index in [1.807, 2.05) is 60.7 Å². The predicted molar refractivity (Wildman–Crippen MR) is 149 cm³/mol. The molecule has 4 aromatic rings. The molecular formula is C30H32CuN4O4. The van der Waals surface area contributed by atoms with Gasteiger partial charge in [-0.25, -0.2) is 0 Å². The molecule has 0 bridgehead atoms. The third-order valence-electron chi connectivity index (χ3n) is 5.73. The van der Waals surface area contributed by atoms with Gasteiger partial charge >= 0.3 is 0 Å². The number of aromatic hydroxyl groups is 2. The minimum Gasteiger partial charge on any atom is -0.505 e. The van der Waals surface area contributed by atoms with Gasteiger partial charge in [-0.15, -0.1) is 0 Å². The number of benzene rings is 2. The molecule has 0 spiro atoms. The summed E-state index contributed by atoms with van der Waals surface area (Å²) in [6.07, 6.45) is 6.28. The van der Waals surface area contributed by atoms with E-state index in [9.17, 15) is 20.4 Å². The Labute approximate surface area is 239 Å². The zero-order valence-corrected chi connectivity index (χ0v) is 22.7. The smallest absolute Gasteiger partial charge is 0.145 e. The Morgan fingerprint density at radius 1 is 0.641 bits per heavy atom. The van der Waals surface area contributed by atoms with Gasteiger partial charge in [0.25, 0.3) is 0 Å². The van der Waals surface area contributed by atoms with E-state index in [2.05, 4.69) is 20.0 Å². The summed E-state index contributed by atoms with van der Waals surface area (Å²) in [7, 11) is 0. The van der Waals surface area contributed by atoms with Crippen molar-refractivity contribution in [2.45, 2.75) is 40.2 Å². The predicted octanol–water partition coefficient (Wildman–Crippen LogP) is 4.41. The van der Waals surface area contributed by atoms with Crippen LogP contribution in [0.15, 0.2) is 83.0 Å². The third kappa shape index (κ3) is 9.12. The van der Waals surface area contributed by atoms with Crippen molar-refractivity contribution >= 4 is 12.4 Å². The summed E-state index contributed by atoms with van der Waals surface area (Å²) in [6, 6.07) is 19.7. The number of pyridine rings is 2. The molecule has 0 atom stereocenters. The van der Waals surface area contributed by atoms with Crippen LogP contribution in [0.25, 0.3) is 0 Å². The zero-order valence-electron chi connectivity index (χ0n) is 21.8. The van der Waals surface area contributed by atoms with Crippen LogP contribution in [-0.4, -0.2) is 42.8 Å². The number of hydrogen-bond acceptors (Lipinski definition) is 8. The van der Waals surface area contributed by atoms with Gasteiger partial charge in [-0.05, 0) is 25.0 Å². The quantitative estimate of drug-likeness (QED) is 0.182. The van der Waals surface area contributed by atoms with Crippen LogP contribution in [-0.2, 0) is 43.4 Å². The van der Waals surface area contributed by atoms with Crippen molar-refractivity contribution in [1.82, 2.24) is 9.97 Å². The van der Waals surface area contributed by atoms with Crippen LogP contribution < -0.4 is 0 Å². The molecule has 207 valence electrons. The molecule has 8 nitrogen and oxygen atoms in total. The Balaban J connectivity index is 0.000000267. The first-order chi connectivity index (χ1) is 18.4. The fraction of sp³-hybridized carbons (Fsp3) is 0.200. The molecule has 0 aliphatic heterocycles. The first-order valence-electron chi connectivity index (χ1n) is 12.1. The fourth-order valence-electron chi connectivity index (χ4n) is 3.50. The second-order valence-corrected chi connectivity index (χ2v) is 8.49. The average molecular weight is 576 g/mol. The van der Waals surface area contributed by atoms with Gasteiger partial charge in [-0.3, -0.25) is 20.0 Å². The summed E-state index contributed by atoms with van der Waals surface area (Å²) >= 11 is 0. The summed E-state index contributed by atoms with van der Waals surface area (Å²) in [5.74, 6) is 0.145. The standard InChI is InChI=1S/2C15H16N2O2.Cu/c2*1-11-15(19)14(13(10-18)8-17-11)9-16-7-12-5-3-2-4-6-12;/h2*2-6,8-9,18-19H,7,10H2,1H3;. The first kappa shape index (κ1) is 31.3. The van der Waals surface area contributed by atoms with E-state index in [1.165, 1.54) is 0 Å². The van der Waals surface area contributed by atoms with Crippen molar-refractivity contribution < 1.29 is 37.5 Å². The van der Waals surface area contributed by atoms with E-state index >= 15 is 0 Å². The molecular weight excluding hydrogens is 544 g/mol. The van der Waals surface area contributed by atoms with Crippen LogP contribution in [0.3, 0.4) is 0 Å². The maximum atomic E-state index is 9.94. The van der Waals surface area contributed by atoms with Crippen LogP contribution in [0.2, 0.25) is 0 Å². The van der Waals surface area contributed by atoms with Crippen LogP contribution in [0, 0.1) is 13.8 Å². The molecule has 2 heterocycles. The van der Waals surface area contributed by atoms with Crippen molar-refractivity contribution in [3.63, 3.8) is 0 Å². The van der Waals surface area contributed by atoms with Crippen LogP contribution in [0.4, 0.5) is 0 Å². The summed E-state index contributed by atoms with van der Waals surface area (Å²) in [5.41, 5.74) is 5.44. The molecule has 9 heteroatoms. The topological polar surface area (TPSA) is 131 Å². The number of hydrogen-bond donors (Lipinski definition) is 4. The molecule has 0 saturated carbocycles. The van der Waals surface area contributed by atoms with Gasteiger partial charge in [0.05, 0.1) is 37.7 Å². The summed E-state index contributed by atoms with van der Waals surface area (Å²) in [5, 5.41) is 38.4. The SMILES string of the molecule is Cc1ncc(CO)c(C=NCc2ccccc2)c1O.Cc1ncc(CO)c(C=NCc2ccccc2)c1O.[Cu]. The van der Waals surface area contributed by atoms with Gasteiger partial charge < -0.3 is 20.4 Å². The van der Waals surface area contributed by atoms with E-state index in [-0.39, 0.29) is 41.8 Å². The van der Waals surface area contributed by atoms with Gasteiger partial charge in [0, 0.05) is 64.1 Å². The maximum Gasteiger partial charge on any atom is 0.145 e. The minimum absolute atomic E-state index is 0. The monoisotopic (exact) mass is 575 g/mol. The summed E-state index contributed by atoms with van der Waals surface area (Å²) in [4.78, 5) is 16.6. The summed E-state index contributed by atoms with van der Waals surface area (Å²) < 4.78 is 0. The number of aryl methyl sites for hydroxylation is 2. The number of aliphatic imine (C=N–C) groups is 2. The van der Waals surface area contributed by atoms with Crippen molar-refractivity contribution in [2.75, 3.05) is 0 Å². The van der Waals surface area contributed by atoms with Gasteiger partial charge in [0.15, 0.2) is 0 Å². The van der Waals surface area contributed by atoms with Crippen molar-refractivity contribution in [2.24, 2.45) is 9.98 Å². The van der Waals surface area contributed by atoms with E-state index < -0.39 is 0 Å². The van der Waals surface area contributed by atoms with Gasteiger partial charge in [0.1, 0.15) is 11.5 Å². The van der Waals surface area contributed by atoms with Crippen LogP contribution in [0.1, 0.15) is 44.8 Å². The van der Waals surface area contributed by atoms with Crippen molar-refractivity contribution in [1.29, 1.82) is 0 Å². The third-order valence-corrected chi connectivity index (χ3v) is 5.73. The molecule has 4 rings (SSSR count). The van der Waals surface area contributed by atoms with Crippen LogP contribution >= 0.6 is 0 Å². The molecule has 0 saturated heterocycles. The number of aliphatic hydroxyl groups is 2. The molecule has 2 aromatic heterocycles. The minimum atomic E-state index is -0.173. The number of nitrogens with zero attached hydrogens (tertiary/aromatic N) is 4. The Morgan fingerprint density at radius 2 is 1.00 bits per heavy atom. The first-order valence-corrected chi connectivity index (χ1v) is 12.1. The van der Waals surface area contributed by atoms with Crippen molar-refractivity contribution in [3.8, 4) is 11.5 Å². The van der Waals surface area contributed by atoms with Crippen LogP contribution in [0.5, 0.6) is 11.5 Å². The second kappa shape index (κ2) is 16.2. The molecule has 0 aliphatic rings. The molecule has 0 unspecified atom stereocenters. The Hall–Kier alpha value is -3.88. The van der Waals surface area contributed by atoms with Crippen molar-refractivity contribution in [3.05, 3.63) is 118 Å². The molecule has 0 aliphatic carbocycles. The van der Waals surface area contributed by atoms with E-state index in [4.69, 9.17) is 0 Å². The molecule has 1 radical (unpaired) electrons. The molecule has 2 aromatic carbocycles. The number of aromatic nitrogens is 2. The maximum absolute atomic E-state index is 9.94.